The number of hydrogen-bond acceptors (Lipinski definition) is 3. The fourth-order valence-electron chi connectivity index (χ4n) is 3.74. The smallest absolute Gasteiger partial charge is 0.123 e. The Balaban J connectivity index is 1.70. The van der Waals surface area contributed by atoms with Crippen LogP contribution in [0.1, 0.15) is 116 Å². The SMILES string of the molecule is CCCCCCCCCCCCCCCCCCC1CNC(CO)=N1. The van der Waals surface area contributed by atoms with Crippen molar-refractivity contribution in [3.8, 4) is 0 Å². The van der Waals surface area contributed by atoms with E-state index in [1.54, 1.807) is 0 Å². The van der Waals surface area contributed by atoms with Gasteiger partial charge in [0.25, 0.3) is 0 Å². The first-order chi connectivity index (χ1) is 12.4. The number of aliphatic hydroxyl groups is 1. The van der Waals surface area contributed by atoms with Crippen LogP contribution in [0.3, 0.4) is 0 Å². The Morgan fingerprint density at radius 3 is 1.60 bits per heavy atom. The van der Waals surface area contributed by atoms with Crippen molar-refractivity contribution in [1.82, 2.24) is 5.32 Å². The van der Waals surface area contributed by atoms with Crippen molar-refractivity contribution in [3.63, 3.8) is 0 Å². The van der Waals surface area contributed by atoms with E-state index in [1.165, 1.54) is 109 Å². The number of unbranched alkanes of at least 4 members (excludes halogenated alkanes) is 15. The summed E-state index contributed by atoms with van der Waals surface area (Å²) in [7, 11) is 0. The molecule has 0 saturated heterocycles. The van der Waals surface area contributed by atoms with E-state index >= 15 is 0 Å². The molecule has 0 spiro atoms. The van der Waals surface area contributed by atoms with Gasteiger partial charge in [-0.25, -0.2) is 0 Å². The van der Waals surface area contributed by atoms with Gasteiger partial charge in [0.2, 0.25) is 0 Å². The van der Waals surface area contributed by atoms with Crippen molar-refractivity contribution in [2.24, 2.45) is 4.99 Å². The fourth-order valence-corrected chi connectivity index (χ4v) is 3.74. The average Bonchev–Trinajstić information content (AvgIpc) is 3.09. The lowest BCUT2D eigenvalue weighted by atomic mass is 10.0. The van der Waals surface area contributed by atoms with E-state index in [2.05, 4.69) is 17.2 Å². The van der Waals surface area contributed by atoms with E-state index in [1.807, 2.05) is 0 Å². The first-order valence-corrected chi connectivity index (χ1v) is 11.3. The van der Waals surface area contributed by atoms with Gasteiger partial charge in [-0.15, -0.1) is 0 Å². The zero-order valence-corrected chi connectivity index (χ0v) is 16.9. The molecule has 1 aliphatic heterocycles. The monoisotopic (exact) mass is 352 g/mol. The van der Waals surface area contributed by atoms with E-state index in [0.29, 0.717) is 6.04 Å². The molecule has 3 nitrogen and oxygen atoms in total. The van der Waals surface area contributed by atoms with Gasteiger partial charge in [-0.05, 0) is 6.42 Å². The molecular weight excluding hydrogens is 308 g/mol. The summed E-state index contributed by atoms with van der Waals surface area (Å²) in [4.78, 5) is 4.47. The molecular formula is C22H44N2O. The topological polar surface area (TPSA) is 44.6 Å². The Hall–Kier alpha value is -0.570. The van der Waals surface area contributed by atoms with Crippen molar-refractivity contribution in [1.29, 1.82) is 0 Å². The van der Waals surface area contributed by atoms with E-state index in [9.17, 15) is 0 Å². The van der Waals surface area contributed by atoms with Gasteiger partial charge < -0.3 is 10.4 Å². The summed E-state index contributed by atoms with van der Waals surface area (Å²) in [5.41, 5.74) is 0. The Kier molecular flexibility index (Phi) is 15.2. The molecule has 0 aromatic rings. The van der Waals surface area contributed by atoms with Gasteiger partial charge in [0.05, 0.1) is 6.04 Å². The quantitative estimate of drug-likeness (QED) is 0.297. The van der Waals surface area contributed by atoms with Crippen LogP contribution in [0, 0.1) is 0 Å². The van der Waals surface area contributed by atoms with Crippen molar-refractivity contribution in [2.45, 2.75) is 122 Å². The molecule has 25 heavy (non-hydrogen) atoms. The molecule has 148 valence electrons. The van der Waals surface area contributed by atoms with Gasteiger partial charge in [-0.3, -0.25) is 4.99 Å². The molecule has 0 radical (unpaired) electrons. The highest BCUT2D eigenvalue weighted by Gasteiger charge is 2.14. The van der Waals surface area contributed by atoms with Crippen molar-refractivity contribution >= 4 is 5.84 Å². The maximum absolute atomic E-state index is 9.00. The second kappa shape index (κ2) is 16.9. The summed E-state index contributed by atoms with van der Waals surface area (Å²) in [6.07, 6.45) is 23.9. The second-order valence-corrected chi connectivity index (χ2v) is 7.86. The molecule has 1 aliphatic rings. The van der Waals surface area contributed by atoms with Crippen molar-refractivity contribution < 1.29 is 5.11 Å². The van der Waals surface area contributed by atoms with Crippen molar-refractivity contribution in [2.75, 3.05) is 13.2 Å². The highest BCUT2D eigenvalue weighted by Crippen LogP contribution is 2.15. The predicted octanol–water partition coefficient (Wildman–Crippen LogP) is 6.00. The number of nitrogens with one attached hydrogen (secondary N) is 1. The minimum absolute atomic E-state index is 0.0649. The highest BCUT2D eigenvalue weighted by atomic mass is 16.3. The van der Waals surface area contributed by atoms with Crippen LogP contribution in [-0.2, 0) is 0 Å². The standard InChI is InChI=1S/C22H44N2O/c1-2-3-4-5-6-7-8-9-10-11-12-13-14-15-16-17-18-21-19-23-22(20-25)24-21/h21,25H,2-20H2,1H3,(H,23,24). The van der Waals surface area contributed by atoms with Crippen molar-refractivity contribution in [3.05, 3.63) is 0 Å². The highest BCUT2D eigenvalue weighted by molar-refractivity contribution is 5.84. The zero-order chi connectivity index (χ0) is 18.0. The summed E-state index contributed by atoms with van der Waals surface area (Å²) in [5.74, 6) is 0.779. The lowest BCUT2D eigenvalue weighted by molar-refractivity contribution is 0.354. The molecule has 0 amide bonds. The lowest BCUT2D eigenvalue weighted by Gasteiger charge is -2.06. The molecule has 0 bridgehead atoms. The van der Waals surface area contributed by atoms with Crippen LogP contribution in [0.4, 0.5) is 0 Å². The molecule has 1 unspecified atom stereocenters. The van der Waals surface area contributed by atoms with Gasteiger partial charge in [-0.1, -0.05) is 110 Å². The number of rotatable bonds is 18. The first-order valence-electron chi connectivity index (χ1n) is 11.3. The number of nitrogens with zero attached hydrogens (tertiary/aromatic N) is 1. The van der Waals surface area contributed by atoms with Gasteiger partial charge in [0, 0.05) is 6.54 Å². The summed E-state index contributed by atoms with van der Waals surface area (Å²) < 4.78 is 0. The third kappa shape index (κ3) is 13.3. The molecule has 0 fully saturated rings. The largest absolute Gasteiger partial charge is 0.388 e. The van der Waals surface area contributed by atoms with E-state index in [-0.39, 0.29) is 6.61 Å². The van der Waals surface area contributed by atoms with Crippen LogP contribution in [0.15, 0.2) is 4.99 Å². The summed E-state index contributed by atoms with van der Waals surface area (Å²) in [5, 5.41) is 12.2. The van der Waals surface area contributed by atoms with Crippen LogP contribution in [0.5, 0.6) is 0 Å². The summed E-state index contributed by atoms with van der Waals surface area (Å²) in [6.45, 7) is 3.28. The Labute approximate surface area is 157 Å². The van der Waals surface area contributed by atoms with Gasteiger partial charge in [0.1, 0.15) is 12.4 Å². The number of amidine groups is 1. The number of hydrogen-bond donors (Lipinski definition) is 2. The van der Waals surface area contributed by atoms with E-state index in [0.717, 1.165) is 12.4 Å². The van der Waals surface area contributed by atoms with Crippen LogP contribution < -0.4 is 5.32 Å². The minimum Gasteiger partial charge on any atom is -0.388 e. The fraction of sp³-hybridized carbons (Fsp3) is 0.955. The average molecular weight is 353 g/mol. The molecule has 1 atom stereocenters. The minimum atomic E-state index is 0.0649. The molecule has 2 N–H and O–H groups in total. The maximum Gasteiger partial charge on any atom is 0.123 e. The summed E-state index contributed by atoms with van der Waals surface area (Å²) >= 11 is 0. The molecule has 0 aromatic carbocycles. The molecule has 1 heterocycles. The van der Waals surface area contributed by atoms with Gasteiger partial charge in [0.15, 0.2) is 0 Å². The van der Waals surface area contributed by atoms with Crippen LogP contribution in [-0.4, -0.2) is 30.1 Å². The van der Waals surface area contributed by atoms with E-state index < -0.39 is 0 Å². The normalized spacial score (nSPS) is 16.9. The van der Waals surface area contributed by atoms with Gasteiger partial charge in [-0.2, -0.15) is 0 Å². The number of aliphatic hydroxyl groups excluding tert-OH is 1. The molecule has 0 aromatic heterocycles. The molecule has 0 aliphatic carbocycles. The first kappa shape index (κ1) is 22.5. The third-order valence-electron chi connectivity index (χ3n) is 5.42. The van der Waals surface area contributed by atoms with Gasteiger partial charge >= 0.3 is 0 Å². The third-order valence-corrected chi connectivity index (χ3v) is 5.42. The molecule has 3 heteroatoms. The second-order valence-electron chi connectivity index (χ2n) is 7.86. The van der Waals surface area contributed by atoms with E-state index in [4.69, 9.17) is 5.11 Å². The zero-order valence-electron chi connectivity index (χ0n) is 16.9. The predicted molar refractivity (Wildman–Crippen MR) is 110 cm³/mol. The maximum atomic E-state index is 9.00. The summed E-state index contributed by atoms with van der Waals surface area (Å²) in [6, 6.07) is 0.411. The number of aliphatic imine (C=N–C) groups is 1. The van der Waals surface area contributed by atoms with Crippen LogP contribution >= 0.6 is 0 Å². The van der Waals surface area contributed by atoms with Crippen LogP contribution in [0.2, 0.25) is 0 Å². The lowest BCUT2D eigenvalue weighted by Crippen LogP contribution is -2.23. The Morgan fingerprint density at radius 2 is 1.20 bits per heavy atom. The van der Waals surface area contributed by atoms with Crippen LogP contribution in [0.25, 0.3) is 0 Å². The Bertz CT molecular complexity index is 317. The molecule has 0 saturated carbocycles. The Morgan fingerprint density at radius 1 is 0.760 bits per heavy atom. The molecule has 1 rings (SSSR count).